The number of aliphatic hydroxyl groups is 1. The van der Waals surface area contributed by atoms with Gasteiger partial charge in [0.05, 0.1) is 30.1 Å². The lowest BCUT2D eigenvalue weighted by atomic mass is 10.3. The molecule has 0 fully saturated rings. The van der Waals surface area contributed by atoms with E-state index in [-0.39, 0.29) is 6.61 Å². The van der Waals surface area contributed by atoms with Crippen molar-refractivity contribution in [2.24, 2.45) is 5.73 Å². The number of carbonyl (C=O) groups is 1. The first-order chi connectivity index (χ1) is 11.2. The van der Waals surface area contributed by atoms with Crippen LogP contribution in [0.2, 0.25) is 0 Å². The molecule has 0 bridgehead atoms. The van der Waals surface area contributed by atoms with Gasteiger partial charge in [-0.05, 0) is 17.5 Å². The monoisotopic (exact) mass is 348 g/mol. The molecule has 0 aromatic carbocycles. The Labute approximate surface area is 141 Å². The molecule has 0 saturated heterocycles. The minimum absolute atomic E-state index is 0.0189. The predicted molar refractivity (Wildman–Crippen MR) is 92.8 cm³/mol. The van der Waals surface area contributed by atoms with Crippen molar-refractivity contribution in [1.29, 1.82) is 0 Å². The van der Waals surface area contributed by atoms with E-state index in [4.69, 9.17) is 5.73 Å². The molecule has 23 heavy (non-hydrogen) atoms. The number of nitrogens with two attached hydrogens (primary N) is 1. The highest BCUT2D eigenvalue weighted by molar-refractivity contribution is 7.13. The van der Waals surface area contributed by atoms with Gasteiger partial charge in [0, 0.05) is 16.3 Å². The average molecular weight is 348 g/mol. The molecule has 3 heterocycles. The smallest absolute Gasteiger partial charge is 0.249 e. The number of aromatic nitrogens is 2. The highest BCUT2D eigenvalue weighted by Gasteiger charge is 2.11. The van der Waals surface area contributed by atoms with Crippen molar-refractivity contribution in [2.75, 3.05) is 11.9 Å². The summed E-state index contributed by atoms with van der Waals surface area (Å²) in [7, 11) is 0. The second-order valence-corrected chi connectivity index (χ2v) is 6.80. The number of carbonyl (C=O) groups excluding carboxylic acids is 1. The molecule has 0 aliphatic rings. The summed E-state index contributed by atoms with van der Waals surface area (Å²) in [5, 5.41) is 20.8. The lowest BCUT2D eigenvalue weighted by Crippen LogP contribution is -2.10. The van der Waals surface area contributed by atoms with Crippen LogP contribution < -0.4 is 11.1 Å². The summed E-state index contributed by atoms with van der Waals surface area (Å²) in [6, 6.07) is 7.74. The molecule has 3 aromatic heterocycles. The number of thiophene rings is 2. The summed E-state index contributed by atoms with van der Waals surface area (Å²) in [4.78, 5) is 13.2. The second-order valence-electron chi connectivity index (χ2n) is 4.86. The summed E-state index contributed by atoms with van der Waals surface area (Å²) >= 11 is 3.10. The Morgan fingerprint density at radius 1 is 1.39 bits per heavy atom. The third kappa shape index (κ3) is 3.61. The fourth-order valence-corrected chi connectivity index (χ4v) is 3.64. The molecule has 0 spiro atoms. The third-order valence-corrected chi connectivity index (χ3v) is 5.08. The number of rotatable bonds is 7. The van der Waals surface area contributed by atoms with Crippen molar-refractivity contribution >= 4 is 34.4 Å². The van der Waals surface area contributed by atoms with Crippen LogP contribution in [0.1, 0.15) is 15.2 Å². The van der Waals surface area contributed by atoms with E-state index < -0.39 is 5.91 Å². The zero-order valence-corrected chi connectivity index (χ0v) is 13.9. The summed E-state index contributed by atoms with van der Waals surface area (Å²) in [5.41, 5.74) is 6.66. The first-order valence-electron chi connectivity index (χ1n) is 7.01. The fourth-order valence-electron chi connectivity index (χ4n) is 2.15. The number of nitrogens with zero attached hydrogens (tertiary/aromatic N) is 2. The van der Waals surface area contributed by atoms with Gasteiger partial charge < -0.3 is 16.2 Å². The van der Waals surface area contributed by atoms with Gasteiger partial charge in [-0.2, -0.15) is 5.10 Å². The first kappa shape index (κ1) is 15.7. The molecule has 0 atom stereocenters. The maximum Gasteiger partial charge on any atom is 0.249 e. The van der Waals surface area contributed by atoms with E-state index in [1.807, 2.05) is 23.6 Å². The normalized spacial score (nSPS) is 10.8. The van der Waals surface area contributed by atoms with Crippen molar-refractivity contribution < 1.29 is 9.90 Å². The lowest BCUT2D eigenvalue weighted by Gasteiger charge is -2.07. The number of amides is 1. The van der Waals surface area contributed by atoms with E-state index in [0.29, 0.717) is 18.7 Å². The third-order valence-electron chi connectivity index (χ3n) is 3.25. The van der Waals surface area contributed by atoms with Gasteiger partial charge in [-0.1, -0.05) is 6.07 Å². The molecule has 0 saturated carbocycles. The highest BCUT2D eigenvalue weighted by atomic mass is 32.1. The van der Waals surface area contributed by atoms with Gasteiger partial charge in [-0.3, -0.25) is 4.79 Å². The van der Waals surface area contributed by atoms with E-state index in [1.54, 1.807) is 27.5 Å². The van der Waals surface area contributed by atoms with Crippen LogP contribution in [0, 0.1) is 0 Å². The summed E-state index contributed by atoms with van der Waals surface area (Å²) in [6.07, 6.45) is 0. The number of primary amides is 1. The van der Waals surface area contributed by atoms with E-state index in [0.717, 1.165) is 21.3 Å². The molecular formula is C15H16N4O2S2. The van der Waals surface area contributed by atoms with Crippen LogP contribution in [0.25, 0.3) is 10.6 Å². The summed E-state index contributed by atoms with van der Waals surface area (Å²) in [5.74, 6) is 0.411. The topological polar surface area (TPSA) is 93.2 Å². The van der Waals surface area contributed by atoms with Gasteiger partial charge in [0.15, 0.2) is 0 Å². The van der Waals surface area contributed by atoms with Crippen LogP contribution in [0.4, 0.5) is 5.82 Å². The van der Waals surface area contributed by atoms with Crippen molar-refractivity contribution in [3.8, 4) is 10.6 Å². The fraction of sp³-hybridized carbons (Fsp3) is 0.200. The summed E-state index contributed by atoms with van der Waals surface area (Å²) < 4.78 is 1.75. The molecule has 4 N–H and O–H groups in total. The van der Waals surface area contributed by atoms with Gasteiger partial charge in [-0.15, -0.1) is 22.7 Å². The van der Waals surface area contributed by atoms with Gasteiger partial charge >= 0.3 is 0 Å². The van der Waals surface area contributed by atoms with Gasteiger partial charge in [0.1, 0.15) is 11.5 Å². The molecule has 8 heteroatoms. The Hall–Kier alpha value is -2.16. The van der Waals surface area contributed by atoms with Crippen molar-refractivity contribution in [1.82, 2.24) is 9.78 Å². The van der Waals surface area contributed by atoms with Crippen molar-refractivity contribution in [3.05, 3.63) is 45.5 Å². The quantitative estimate of drug-likeness (QED) is 0.611. The first-order valence-corrected chi connectivity index (χ1v) is 8.77. The number of aliphatic hydroxyl groups excluding tert-OH is 1. The highest BCUT2D eigenvalue weighted by Crippen LogP contribution is 2.26. The largest absolute Gasteiger partial charge is 0.394 e. The van der Waals surface area contributed by atoms with Crippen LogP contribution in [-0.4, -0.2) is 27.4 Å². The Kier molecular flexibility index (Phi) is 4.75. The number of anilines is 1. The van der Waals surface area contributed by atoms with E-state index in [2.05, 4.69) is 10.4 Å². The molecule has 3 aromatic rings. The van der Waals surface area contributed by atoms with Crippen LogP contribution in [0.5, 0.6) is 0 Å². The number of hydrogen-bond donors (Lipinski definition) is 3. The van der Waals surface area contributed by atoms with E-state index in [1.165, 1.54) is 11.3 Å². The van der Waals surface area contributed by atoms with Gasteiger partial charge in [0.25, 0.3) is 0 Å². The predicted octanol–water partition coefficient (Wildman–Crippen LogP) is 2.38. The van der Waals surface area contributed by atoms with E-state index in [9.17, 15) is 9.90 Å². The summed E-state index contributed by atoms with van der Waals surface area (Å²) in [6.45, 7) is 1.01. The van der Waals surface area contributed by atoms with E-state index >= 15 is 0 Å². The van der Waals surface area contributed by atoms with Gasteiger partial charge in [-0.25, -0.2) is 4.68 Å². The molecule has 6 nitrogen and oxygen atoms in total. The molecule has 3 rings (SSSR count). The molecule has 0 unspecified atom stereocenters. The van der Waals surface area contributed by atoms with Crippen molar-refractivity contribution in [3.63, 3.8) is 0 Å². The Bertz CT molecular complexity index is 792. The van der Waals surface area contributed by atoms with Gasteiger partial charge in [0.2, 0.25) is 5.91 Å². The minimum atomic E-state index is -0.419. The maximum atomic E-state index is 11.1. The standard InChI is InChI=1S/C15H16N4O2S2/c16-15(21)10-6-11(23-9-10)8-17-14-7-12(13-2-1-5-22-13)18-19(14)3-4-20/h1-2,5-7,9,17,20H,3-4,8H2,(H2,16,21). The lowest BCUT2D eigenvalue weighted by molar-refractivity contribution is 0.100. The molecule has 0 aliphatic carbocycles. The van der Waals surface area contributed by atoms with Crippen LogP contribution in [-0.2, 0) is 13.1 Å². The Morgan fingerprint density at radius 2 is 2.26 bits per heavy atom. The Balaban J connectivity index is 1.76. The number of nitrogens with one attached hydrogen (secondary N) is 1. The molecule has 0 radical (unpaired) electrons. The molecule has 0 aliphatic heterocycles. The maximum absolute atomic E-state index is 11.1. The van der Waals surface area contributed by atoms with Crippen LogP contribution in [0.3, 0.4) is 0 Å². The number of hydrogen-bond acceptors (Lipinski definition) is 6. The SMILES string of the molecule is NC(=O)c1csc(CNc2cc(-c3cccs3)nn2CCO)c1. The van der Waals surface area contributed by atoms with Crippen LogP contribution >= 0.6 is 22.7 Å². The second kappa shape index (κ2) is 6.95. The molecular weight excluding hydrogens is 332 g/mol. The molecule has 120 valence electrons. The average Bonchev–Trinajstić information content (AvgIpc) is 3.26. The minimum Gasteiger partial charge on any atom is -0.394 e. The Morgan fingerprint density at radius 3 is 2.91 bits per heavy atom. The zero-order valence-electron chi connectivity index (χ0n) is 12.2. The van der Waals surface area contributed by atoms with Crippen molar-refractivity contribution in [2.45, 2.75) is 13.1 Å². The zero-order chi connectivity index (χ0) is 16.2. The molecule has 1 amide bonds. The van der Waals surface area contributed by atoms with Crippen LogP contribution in [0.15, 0.2) is 35.0 Å².